The van der Waals surface area contributed by atoms with E-state index in [0.29, 0.717) is 18.4 Å². The maximum atomic E-state index is 13.2. The molecule has 0 aromatic heterocycles. The summed E-state index contributed by atoms with van der Waals surface area (Å²) >= 11 is 0. The van der Waals surface area contributed by atoms with Crippen molar-refractivity contribution in [2.45, 2.75) is 44.4 Å². The Labute approximate surface area is 198 Å². The van der Waals surface area contributed by atoms with Crippen molar-refractivity contribution in [3.63, 3.8) is 0 Å². The highest BCUT2D eigenvalue weighted by Gasteiger charge is 2.54. The second-order valence-electron chi connectivity index (χ2n) is 8.91. The summed E-state index contributed by atoms with van der Waals surface area (Å²) in [4.78, 5) is 39.3. The van der Waals surface area contributed by atoms with Gasteiger partial charge in [-0.05, 0) is 43.2 Å². The van der Waals surface area contributed by atoms with Crippen molar-refractivity contribution in [1.29, 1.82) is 0 Å². The molecule has 0 bridgehead atoms. The molecule has 4 N–H and O–H groups in total. The molecule has 4 atom stereocenters. The molecule has 1 saturated heterocycles. The number of carboxylic acid groups (broad SMARTS) is 1. The number of phenols is 1. The smallest absolute Gasteiger partial charge is 0.508 e. The highest BCUT2D eigenvalue weighted by molar-refractivity contribution is 5.94. The number of carbonyl (C=O) groups is 3. The molecule has 9 nitrogen and oxygen atoms in total. The van der Waals surface area contributed by atoms with E-state index in [1.807, 2.05) is 0 Å². The van der Waals surface area contributed by atoms with Gasteiger partial charge >= 0.3 is 12.1 Å². The maximum Gasteiger partial charge on any atom is 0.523 e. The van der Waals surface area contributed by atoms with Crippen molar-refractivity contribution in [2.24, 2.45) is 0 Å². The number of amides is 4. The first-order chi connectivity index (χ1) is 16.1. The molecule has 34 heavy (non-hydrogen) atoms. The van der Waals surface area contributed by atoms with Gasteiger partial charge in [-0.25, -0.2) is 4.79 Å². The summed E-state index contributed by atoms with van der Waals surface area (Å²) in [7, 11) is 1.47. The number of hydrogen-bond donors (Lipinski definition) is 4. The van der Waals surface area contributed by atoms with E-state index in [2.05, 4.69) is 5.32 Å². The summed E-state index contributed by atoms with van der Waals surface area (Å²) in [5, 5.41) is 33.3. The molecule has 0 saturated carbocycles. The zero-order chi connectivity index (χ0) is 24.9. The first kappa shape index (κ1) is 25.2. The topological polar surface area (TPSA) is 127 Å². The van der Waals surface area contributed by atoms with Gasteiger partial charge in [0.15, 0.2) is 0 Å². The van der Waals surface area contributed by atoms with Gasteiger partial charge in [0.25, 0.3) is 5.91 Å². The van der Waals surface area contributed by atoms with Gasteiger partial charge in [0, 0.05) is 25.5 Å². The third kappa shape index (κ3) is 5.37. The summed E-state index contributed by atoms with van der Waals surface area (Å²) in [5.41, 5.74) is 1.20. The fourth-order valence-electron chi connectivity index (χ4n) is 4.53. The lowest BCUT2D eigenvalue weighted by atomic mass is 10.00. The SMILES string of the molecule is C[C@@H]1CCC[N+]1(C(=O)O)C(=O)N(C)CC(O)C(Cc1ccc(O)cc1)NC(=O)c1ccccc1. The van der Waals surface area contributed by atoms with Crippen LogP contribution in [0.1, 0.15) is 35.7 Å². The summed E-state index contributed by atoms with van der Waals surface area (Å²) in [6.45, 7) is 1.80. The van der Waals surface area contributed by atoms with E-state index in [4.69, 9.17) is 0 Å². The third-order valence-corrected chi connectivity index (χ3v) is 6.56. The first-order valence-corrected chi connectivity index (χ1v) is 11.3. The van der Waals surface area contributed by atoms with Crippen LogP contribution in [0, 0.1) is 0 Å². The monoisotopic (exact) mass is 470 g/mol. The van der Waals surface area contributed by atoms with Gasteiger partial charge in [-0.2, -0.15) is 4.79 Å². The Morgan fingerprint density at radius 2 is 1.76 bits per heavy atom. The molecule has 1 fully saturated rings. The Kier molecular flexibility index (Phi) is 7.90. The van der Waals surface area contributed by atoms with Gasteiger partial charge in [-0.3, -0.25) is 9.69 Å². The summed E-state index contributed by atoms with van der Waals surface area (Å²) in [6.07, 6.45) is -0.856. The van der Waals surface area contributed by atoms with Crippen LogP contribution in [0.3, 0.4) is 0 Å². The van der Waals surface area contributed by atoms with E-state index in [1.54, 1.807) is 49.4 Å². The lowest BCUT2D eigenvalue weighted by Gasteiger charge is -2.34. The van der Waals surface area contributed by atoms with E-state index in [0.717, 1.165) is 5.56 Å². The number of urea groups is 1. The first-order valence-electron chi connectivity index (χ1n) is 11.3. The van der Waals surface area contributed by atoms with Crippen LogP contribution in [0.4, 0.5) is 9.59 Å². The van der Waals surface area contributed by atoms with Crippen LogP contribution in [0.2, 0.25) is 0 Å². The zero-order valence-corrected chi connectivity index (χ0v) is 19.4. The number of quaternary nitrogens is 1. The highest BCUT2D eigenvalue weighted by atomic mass is 16.4. The predicted molar refractivity (Wildman–Crippen MR) is 125 cm³/mol. The summed E-state index contributed by atoms with van der Waals surface area (Å²) in [6, 6.07) is 13.3. The van der Waals surface area contributed by atoms with Gasteiger partial charge in [-0.1, -0.05) is 30.3 Å². The average Bonchev–Trinajstić information content (AvgIpc) is 3.22. The fourth-order valence-corrected chi connectivity index (χ4v) is 4.53. The quantitative estimate of drug-likeness (QED) is 0.461. The molecular weight excluding hydrogens is 438 g/mol. The molecule has 2 aromatic rings. The minimum absolute atomic E-state index is 0.0990. The van der Waals surface area contributed by atoms with Crippen molar-refractivity contribution in [3.05, 3.63) is 65.7 Å². The molecule has 3 unspecified atom stereocenters. The van der Waals surface area contributed by atoms with Crippen molar-refractivity contribution >= 4 is 18.0 Å². The van der Waals surface area contributed by atoms with Crippen molar-refractivity contribution in [3.8, 4) is 5.75 Å². The van der Waals surface area contributed by atoms with Crippen LogP contribution in [0.5, 0.6) is 5.75 Å². The lowest BCUT2D eigenvalue weighted by molar-refractivity contribution is -0.791. The lowest BCUT2D eigenvalue weighted by Crippen LogP contribution is -2.63. The molecule has 9 heteroatoms. The number of phenolic OH excluding ortho intramolecular Hbond substituents is 1. The number of aromatic hydroxyl groups is 1. The van der Waals surface area contributed by atoms with E-state index in [-0.39, 0.29) is 37.2 Å². The Balaban J connectivity index is 1.78. The van der Waals surface area contributed by atoms with E-state index in [1.165, 1.54) is 24.1 Å². The van der Waals surface area contributed by atoms with Gasteiger partial charge in [-0.15, -0.1) is 4.48 Å². The van der Waals surface area contributed by atoms with Crippen LogP contribution in [0.25, 0.3) is 0 Å². The third-order valence-electron chi connectivity index (χ3n) is 6.56. The molecule has 4 amide bonds. The van der Waals surface area contributed by atoms with Crippen LogP contribution in [0.15, 0.2) is 54.6 Å². The van der Waals surface area contributed by atoms with E-state index >= 15 is 0 Å². The Bertz CT molecular complexity index is 1010. The molecule has 0 spiro atoms. The predicted octanol–water partition coefficient (Wildman–Crippen LogP) is 2.82. The van der Waals surface area contributed by atoms with Gasteiger partial charge in [0.2, 0.25) is 0 Å². The normalized spacial score (nSPS) is 21.4. The molecule has 1 aliphatic rings. The van der Waals surface area contributed by atoms with Crippen molar-refractivity contribution in [2.75, 3.05) is 20.1 Å². The number of nitrogens with one attached hydrogen (secondary N) is 1. The maximum absolute atomic E-state index is 13.2. The summed E-state index contributed by atoms with van der Waals surface area (Å²) in [5.74, 6) is -0.276. The molecular formula is C25H32N3O6+. The number of carbonyl (C=O) groups excluding carboxylic acids is 2. The molecule has 0 aliphatic carbocycles. The number of nitrogens with zero attached hydrogens (tertiary/aromatic N) is 2. The highest BCUT2D eigenvalue weighted by Crippen LogP contribution is 2.29. The number of likely N-dealkylation sites (N-methyl/N-ethyl adjacent to an activating group) is 1. The number of aliphatic hydroxyl groups is 1. The molecule has 2 aromatic carbocycles. The standard InChI is InChI=1S/C25H31N3O6/c1-17-7-6-14-28(17,25(33)34)24(32)27(2)16-22(30)21(15-18-10-12-20(29)13-11-18)26-23(31)19-8-4-3-5-9-19/h3-5,8-13,17,21-22,30H,6-7,14-16H2,1-2H3,(H2-,26,29,31,33,34)/p+1/t17-,21?,22?,28?/m1/s1. The Morgan fingerprint density at radius 3 is 2.32 bits per heavy atom. The second-order valence-corrected chi connectivity index (χ2v) is 8.91. The van der Waals surface area contributed by atoms with E-state index in [9.17, 15) is 29.7 Å². The van der Waals surface area contributed by atoms with Gasteiger partial charge in [0.1, 0.15) is 11.8 Å². The molecule has 3 rings (SSSR count). The van der Waals surface area contributed by atoms with E-state index < -0.39 is 28.8 Å². The average molecular weight is 471 g/mol. The number of imide groups is 1. The minimum Gasteiger partial charge on any atom is -0.508 e. The van der Waals surface area contributed by atoms with Crippen molar-refractivity contribution in [1.82, 2.24) is 10.2 Å². The van der Waals surface area contributed by atoms with Gasteiger partial charge in [0.05, 0.1) is 25.2 Å². The van der Waals surface area contributed by atoms with Crippen LogP contribution >= 0.6 is 0 Å². The van der Waals surface area contributed by atoms with Crippen LogP contribution in [-0.2, 0) is 6.42 Å². The van der Waals surface area contributed by atoms with Gasteiger partial charge < -0.3 is 20.6 Å². The number of hydrogen-bond acceptors (Lipinski definition) is 5. The summed E-state index contributed by atoms with van der Waals surface area (Å²) < 4.78 is -0.692. The molecule has 0 radical (unpaired) electrons. The number of aliphatic hydroxyl groups excluding tert-OH is 1. The van der Waals surface area contributed by atoms with Crippen LogP contribution in [-0.4, -0.2) is 81.1 Å². The Morgan fingerprint density at radius 1 is 1.12 bits per heavy atom. The molecule has 1 heterocycles. The van der Waals surface area contributed by atoms with Crippen LogP contribution < -0.4 is 5.32 Å². The number of likely N-dealkylation sites (tertiary alicyclic amines) is 1. The number of benzene rings is 2. The largest absolute Gasteiger partial charge is 0.523 e. The minimum atomic E-state index is -1.20. The number of rotatable bonds is 7. The Hall–Kier alpha value is -3.43. The molecule has 182 valence electrons. The fraction of sp³-hybridized carbons (Fsp3) is 0.400. The zero-order valence-electron chi connectivity index (χ0n) is 19.4. The van der Waals surface area contributed by atoms with Crippen molar-refractivity contribution < 1.29 is 34.2 Å². The molecule has 1 aliphatic heterocycles. The second kappa shape index (κ2) is 10.7.